The third-order valence-corrected chi connectivity index (χ3v) is 6.69. The van der Waals surface area contributed by atoms with E-state index in [1.807, 2.05) is 61.6 Å². The van der Waals surface area contributed by atoms with Gasteiger partial charge < -0.3 is 10.2 Å². The fourth-order valence-electron chi connectivity index (χ4n) is 2.98. The minimum atomic E-state index is -3.72. The van der Waals surface area contributed by atoms with Crippen molar-refractivity contribution in [3.05, 3.63) is 81.5 Å². The summed E-state index contributed by atoms with van der Waals surface area (Å²) in [4.78, 5) is 15.8. The van der Waals surface area contributed by atoms with E-state index in [1.165, 1.54) is 23.5 Å². The Morgan fingerprint density at radius 3 is 2.57 bits per heavy atom. The highest BCUT2D eigenvalue weighted by Crippen LogP contribution is 2.21. The maximum absolute atomic E-state index is 12.8. The van der Waals surface area contributed by atoms with Gasteiger partial charge in [0.25, 0.3) is 5.91 Å². The lowest BCUT2D eigenvalue weighted by molar-refractivity contribution is 0.102. The fraction of sp³-hybridized carbons (Fsp3) is 0.227. The molecule has 1 heterocycles. The molecule has 0 saturated carbocycles. The molecule has 0 bridgehead atoms. The molecule has 8 heteroatoms. The number of carbonyl (C=O) groups is 1. The van der Waals surface area contributed by atoms with Crippen molar-refractivity contribution in [3.63, 3.8) is 0 Å². The van der Waals surface area contributed by atoms with Gasteiger partial charge in [-0.15, -0.1) is 11.3 Å². The summed E-state index contributed by atoms with van der Waals surface area (Å²) in [5, 5.41) is 4.81. The number of rotatable bonds is 8. The van der Waals surface area contributed by atoms with Crippen LogP contribution in [-0.2, 0) is 23.1 Å². The summed E-state index contributed by atoms with van der Waals surface area (Å²) in [6.07, 6.45) is 0. The Morgan fingerprint density at radius 2 is 1.87 bits per heavy atom. The number of sulfonamides is 1. The SMILES string of the molecule is Cc1ccc(NC(=O)c2cccc(S(=O)(=O)NCc3cccs3)c2)c(CN(C)C)c1. The summed E-state index contributed by atoms with van der Waals surface area (Å²) in [6.45, 7) is 2.90. The molecule has 0 aliphatic carbocycles. The molecule has 0 atom stereocenters. The van der Waals surface area contributed by atoms with Crippen molar-refractivity contribution in [2.45, 2.75) is 24.9 Å². The van der Waals surface area contributed by atoms with Gasteiger partial charge in [-0.1, -0.05) is 29.8 Å². The van der Waals surface area contributed by atoms with E-state index >= 15 is 0 Å². The first-order valence-electron chi connectivity index (χ1n) is 9.42. The summed E-state index contributed by atoms with van der Waals surface area (Å²) in [7, 11) is 0.203. The standard InChI is InChI=1S/C22H25N3O3S2/c1-16-9-10-21(18(12-16)15-25(2)3)24-22(26)17-6-4-8-20(13-17)30(27,28)23-14-19-7-5-11-29-19/h4-13,23H,14-15H2,1-3H3,(H,24,26). The second-order valence-electron chi connectivity index (χ2n) is 7.28. The van der Waals surface area contributed by atoms with Gasteiger partial charge in [-0.05, 0) is 62.3 Å². The zero-order chi connectivity index (χ0) is 21.7. The van der Waals surface area contributed by atoms with Gasteiger partial charge >= 0.3 is 0 Å². The van der Waals surface area contributed by atoms with Gasteiger partial charge in [0.05, 0.1) is 4.90 Å². The van der Waals surface area contributed by atoms with Crippen LogP contribution in [0.2, 0.25) is 0 Å². The Bertz CT molecular complexity index is 1120. The van der Waals surface area contributed by atoms with Crippen molar-refractivity contribution >= 4 is 33.0 Å². The molecule has 3 aromatic rings. The number of nitrogens with zero attached hydrogens (tertiary/aromatic N) is 1. The lowest BCUT2D eigenvalue weighted by Gasteiger charge is -2.16. The lowest BCUT2D eigenvalue weighted by atomic mass is 10.1. The summed E-state index contributed by atoms with van der Waals surface area (Å²) in [5.74, 6) is -0.353. The first-order chi connectivity index (χ1) is 14.2. The maximum atomic E-state index is 12.8. The molecule has 6 nitrogen and oxygen atoms in total. The van der Waals surface area contributed by atoms with Crippen LogP contribution in [-0.4, -0.2) is 33.3 Å². The molecule has 0 radical (unpaired) electrons. The van der Waals surface area contributed by atoms with E-state index in [4.69, 9.17) is 0 Å². The van der Waals surface area contributed by atoms with Gasteiger partial charge in [-0.25, -0.2) is 13.1 Å². The molecule has 158 valence electrons. The third kappa shape index (κ3) is 5.76. The normalized spacial score (nSPS) is 11.6. The number of aryl methyl sites for hydroxylation is 1. The van der Waals surface area contributed by atoms with E-state index in [0.29, 0.717) is 12.2 Å². The molecule has 0 fully saturated rings. The highest BCUT2D eigenvalue weighted by molar-refractivity contribution is 7.89. The average molecular weight is 444 g/mol. The summed E-state index contributed by atoms with van der Waals surface area (Å²) >= 11 is 1.48. The quantitative estimate of drug-likeness (QED) is 0.554. The van der Waals surface area contributed by atoms with Crippen molar-refractivity contribution in [1.29, 1.82) is 0 Å². The third-order valence-electron chi connectivity index (χ3n) is 4.42. The van der Waals surface area contributed by atoms with Gasteiger partial charge in [0.1, 0.15) is 0 Å². The van der Waals surface area contributed by atoms with Crippen molar-refractivity contribution in [3.8, 4) is 0 Å². The molecule has 0 saturated heterocycles. The summed E-state index contributed by atoms with van der Waals surface area (Å²) in [5.41, 5.74) is 3.10. The topological polar surface area (TPSA) is 78.5 Å². The Labute approximate surface area is 181 Å². The van der Waals surface area contributed by atoms with E-state index in [-0.39, 0.29) is 22.9 Å². The van der Waals surface area contributed by atoms with Crippen molar-refractivity contribution in [2.24, 2.45) is 0 Å². The highest BCUT2D eigenvalue weighted by atomic mass is 32.2. The number of thiophene rings is 1. The molecule has 0 spiro atoms. The Balaban J connectivity index is 1.78. The Morgan fingerprint density at radius 1 is 1.07 bits per heavy atom. The van der Waals surface area contributed by atoms with E-state index in [0.717, 1.165) is 16.0 Å². The van der Waals surface area contributed by atoms with E-state index in [9.17, 15) is 13.2 Å². The minimum Gasteiger partial charge on any atom is -0.322 e. The van der Waals surface area contributed by atoms with Crippen molar-refractivity contribution in [1.82, 2.24) is 9.62 Å². The van der Waals surface area contributed by atoms with Gasteiger partial charge in [-0.3, -0.25) is 4.79 Å². The van der Waals surface area contributed by atoms with Crippen LogP contribution in [0.5, 0.6) is 0 Å². The minimum absolute atomic E-state index is 0.0594. The number of benzene rings is 2. The summed E-state index contributed by atoms with van der Waals surface area (Å²) < 4.78 is 27.8. The number of anilines is 1. The van der Waals surface area contributed by atoms with Crippen LogP contribution in [0, 0.1) is 6.92 Å². The summed E-state index contributed by atoms with van der Waals surface area (Å²) in [6, 6.07) is 15.6. The van der Waals surface area contributed by atoms with Crippen molar-refractivity contribution < 1.29 is 13.2 Å². The smallest absolute Gasteiger partial charge is 0.255 e. The van der Waals surface area contributed by atoms with Gasteiger partial charge in [0.2, 0.25) is 10.0 Å². The molecule has 2 N–H and O–H groups in total. The van der Waals surface area contributed by atoms with E-state index in [2.05, 4.69) is 10.0 Å². The largest absolute Gasteiger partial charge is 0.322 e. The van der Waals surface area contributed by atoms with Crippen LogP contribution in [0.4, 0.5) is 5.69 Å². The second kappa shape index (κ2) is 9.53. The molecule has 0 unspecified atom stereocenters. The molecule has 0 aliphatic rings. The molecule has 1 amide bonds. The van der Waals surface area contributed by atoms with Gasteiger partial charge in [-0.2, -0.15) is 0 Å². The van der Waals surface area contributed by atoms with Crippen LogP contribution in [0.3, 0.4) is 0 Å². The second-order valence-corrected chi connectivity index (χ2v) is 10.1. The molecular weight excluding hydrogens is 418 g/mol. The van der Waals surface area contributed by atoms with Gasteiger partial charge in [0.15, 0.2) is 0 Å². The molecule has 0 aliphatic heterocycles. The Hall–Kier alpha value is -2.52. The monoisotopic (exact) mass is 443 g/mol. The lowest BCUT2D eigenvalue weighted by Crippen LogP contribution is -2.23. The maximum Gasteiger partial charge on any atom is 0.255 e. The number of nitrogens with one attached hydrogen (secondary N) is 2. The van der Waals surface area contributed by atoms with Crippen LogP contribution in [0.15, 0.2) is 64.9 Å². The molecule has 3 rings (SSSR count). The molecule has 30 heavy (non-hydrogen) atoms. The predicted molar refractivity (Wildman–Crippen MR) is 121 cm³/mol. The number of amides is 1. The first kappa shape index (κ1) is 22.2. The van der Waals surface area contributed by atoms with Crippen LogP contribution < -0.4 is 10.0 Å². The van der Waals surface area contributed by atoms with Crippen LogP contribution >= 0.6 is 11.3 Å². The zero-order valence-corrected chi connectivity index (χ0v) is 18.8. The van der Waals surface area contributed by atoms with E-state index < -0.39 is 10.0 Å². The van der Waals surface area contributed by atoms with Gasteiger partial charge in [0, 0.05) is 29.2 Å². The molecule has 2 aromatic carbocycles. The molecule has 1 aromatic heterocycles. The van der Waals surface area contributed by atoms with Crippen LogP contribution in [0.25, 0.3) is 0 Å². The first-order valence-corrected chi connectivity index (χ1v) is 11.8. The number of hydrogen-bond donors (Lipinski definition) is 2. The highest BCUT2D eigenvalue weighted by Gasteiger charge is 2.17. The number of hydrogen-bond acceptors (Lipinski definition) is 5. The van der Waals surface area contributed by atoms with E-state index in [1.54, 1.807) is 12.1 Å². The van der Waals surface area contributed by atoms with Crippen LogP contribution in [0.1, 0.15) is 26.4 Å². The predicted octanol–water partition coefficient (Wildman–Crippen LogP) is 3.85. The fourth-order valence-corrected chi connectivity index (χ4v) is 4.77. The average Bonchev–Trinajstić information content (AvgIpc) is 3.22. The zero-order valence-electron chi connectivity index (χ0n) is 17.2. The Kier molecular flexibility index (Phi) is 7.04. The van der Waals surface area contributed by atoms with Crippen molar-refractivity contribution in [2.75, 3.05) is 19.4 Å². The molecular formula is C22H25N3O3S2. The number of carbonyl (C=O) groups excluding carboxylic acids is 1.